The van der Waals surface area contributed by atoms with Crippen molar-refractivity contribution in [2.45, 2.75) is 32.2 Å². The van der Waals surface area contributed by atoms with Crippen molar-refractivity contribution < 1.29 is 0 Å². The predicted octanol–water partition coefficient (Wildman–Crippen LogP) is 3.42. The van der Waals surface area contributed by atoms with Gasteiger partial charge in [0.05, 0.1) is 6.04 Å². The van der Waals surface area contributed by atoms with Gasteiger partial charge in [-0.1, -0.05) is 36.8 Å². The van der Waals surface area contributed by atoms with E-state index in [1.54, 1.807) is 0 Å². The molecule has 4 nitrogen and oxygen atoms in total. The fourth-order valence-corrected chi connectivity index (χ4v) is 3.09. The Bertz CT molecular complexity index is 579. The predicted molar refractivity (Wildman–Crippen MR) is 89.9 cm³/mol. The van der Waals surface area contributed by atoms with E-state index in [4.69, 9.17) is 0 Å². The molecule has 1 atom stereocenters. The van der Waals surface area contributed by atoms with Crippen LogP contribution in [0.4, 0.5) is 5.95 Å². The number of aromatic nitrogens is 2. The number of nitrogens with one attached hydrogen (secondary N) is 1. The highest BCUT2D eigenvalue weighted by Crippen LogP contribution is 2.24. The molecule has 116 valence electrons. The second kappa shape index (κ2) is 7.36. The summed E-state index contributed by atoms with van der Waals surface area (Å²) in [4.78, 5) is 11.3. The summed E-state index contributed by atoms with van der Waals surface area (Å²) in [5.74, 6) is 0.720. The maximum Gasteiger partial charge on any atom is 0.222 e. The topological polar surface area (TPSA) is 41.1 Å². The van der Waals surface area contributed by atoms with Gasteiger partial charge in [0.25, 0.3) is 0 Å². The summed E-state index contributed by atoms with van der Waals surface area (Å²) in [5.41, 5.74) is 2.36. The molecule has 0 aliphatic carbocycles. The highest BCUT2D eigenvalue weighted by molar-refractivity contribution is 5.28. The van der Waals surface area contributed by atoms with Crippen LogP contribution < -0.4 is 5.32 Å². The zero-order valence-corrected chi connectivity index (χ0v) is 13.2. The van der Waals surface area contributed by atoms with Crippen LogP contribution in [0.5, 0.6) is 0 Å². The minimum Gasteiger partial charge on any atom is -0.352 e. The normalized spacial score (nSPS) is 17.1. The Balaban J connectivity index is 1.73. The molecule has 1 aromatic heterocycles. The third kappa shape index (κ3) is 3.83. The van der Waals surface area contributed by atoms with Crippen molar-refractivity contribution in [3.05, 3.63) is 53.9 Å². The molecule has 1 fully saturated rings. The summed E-state index contributed by atoms with van der Waals surface area (Å²) in [6, 6.07) is 13.1. The maximum atomic E-state index is 4.44. The van der Waals surface area contributed by atoms with E-state index < -0.39 is 0 Å². The number of hydrogen-bond acceptors (Lipinski definition) is 4. The van der Waals surface area contributed by atoms with Crippen LogP contribution in [-0.4, -0.2) is 34.5 Å². The molecule has 22 heavy (non-hydrogen) atoms. The quantitative estimate of drug-likeness (QED) is 0.918. The number of anilines is 1. The molecule has 0 unspecified atom stereocenters. The molecule has 2 aromatic rings. The lowest BCUT2D eigenvalue weighted by molar-refractivity contribution is 0.170. The van der Waals surface area contributed by atoms with Crippen molar-refractivity contribution in [1.82, 2.24) is 14.9 Å². The van der Waals surface area contributed by atoms with Crippen LogP contribution in [0.15, 0.2) is 42.6 Å². The molecule has 1 aliphatic rings. The van der Waals surface area contributed by atoms with Gasteiger partial charge in [0, 0.05) is 18.4 Å². The lowest BCUT2D eigenvalue weighted by Gasteiger charge is -2.35. The molecule has 1 saturated heterocycles. The smallest absolute Gasteiger partial charge is 0.222 e. The van der Waals surface area contributed by atoms with E-state index in [1.807, 2.05) is 19.2 Å². The first kappa shape index (κ1) is 15.0. The van der Waals surface area contributed by atoms with Crippen molar-refractivity contribution in [2.24, 2.45) is 0 Å². The highest BCUT2D eigenvalue weighted by atomic mass is 15.2. The molecule has 4 heteroatoms. The first-order chi connectivity index (χ1) is 10.8. The van der Waals surface area contributed by atoms with Crippen molar-refractivity contribution >= 4 is 5.95 Å². The van der Waals surface area contributed by atoms with Crippen molar-refractivity contribution in [2.75, 3.05) is 25.0 Å². The van der Waals surface area contributed by atoms with Crippen LogP contribution >= 0.6 is 0 Å². The Kier molecular flexibility index (Phi) is 5.01. The van der Waals surface area contributed by atoms with E-state index in [0.29, 0.717) is 6.04 Å². The molecule has 1 N–H and O–H groups in total. The summed E-state index contributed by atoms with van der Waals surface area (Å²) >= 11 is 0. The second-order valence-corrected chi connectivity index (χ2v) is 5.93. The molecule has 0 saturated carbocycles. The fourth-order valence-electron chi connectivity index (χ4n) is 3.09. The summed E-state index contributed by atoms with van der Waals surface area (Å²) < 4.78 is 0. The third-order valence-electron chi connectivity index (χ3n) is 4.26. The van der Waals surface area contributed by atoms with E-state index in [9.17, 15) is 0 Å². The lowest BCUT2D eigenvalue weighted by Crippen LogP contribution is -2.37. The monoisotopic (exact) mass is 296 g/mol. The number of benzene rings is 1. The maximum absolute atomic E-state index is 4.44. The van der Waals surface area contributed by atoms with Crippen LogP contribution in [-0.2, 0) is 0 Å². The summed E-state index contributed by atoms with van der Waals surface area (Å²) in [7, 11) is 0. The van der Waals surface area contributed by atoms with E-state index >= 15 is 0 Å². The largest absolute Gasteiger partial charge is 0.352 e. The Morgan fingerprint density at radius 3 is 2.59 bits per heavy atom. The van der Waals surface area contributed by atoms with Crippen LogP contribution in [0.1, 0.15) is 36.6 Å². The van der Waals surface area contributed by atoms with Crippen LogP contribution in [0.25, 0.3) is 0 Å². The van der Waals surface area contributed by atoms with Crippen molar-refractivity contribution in [3.8, 4) is 0 Å². The minimum absolute atomic E-state index is 0.380. The summed E-state index contributed by atoms with van der Waals surface area (Å²) in [5, 5.41) is 3.42. The molecule has 3 rings (SSSR count). The van der Waals surface area contributed by atoms with Gasteiger partial charge in [-0.2, -0.15) is 0 Å². The molecule has 1 aromatic carbocycles. The molecule has 1 aliphatic heterocycles. The number of hydrogen-bond donors (Lipinski definition) is 1. The molecular formula is C18H24N4. The standard InChI is InChI=1S/C18H24N4/c1-15-10-11-19-18(21-15)20-14-17(16-8-4-2-5-9-16)22-12-6-3-7-13-22/h2,4-5,8-11,17H,3,6-7,12-14H2,1H3,(H,19,20,21)/t17-/m1/s1. The Morgan fingerprint density at radius 2 is 1.86 bits per heavy atom. The molecule has 0 amide bonds. The number of aryl methyl sites for hydroxylation is 1. The van der Waals surface area contributed by atoms with E-state index in [0.717, 1.165) is 18.2 Å². The zero-order chi connectivity index (χ0) is 15.2. The Hall–Kier alpha value is -1.94. The van der Waals surface area contributed by atoms with Crippen LogP contribution in [0.2, 0.25) is 0 Å². The van der Waals surface area contributed by atoms with Gasteiger partial charge in [-0.15, -0.1) is 0 Å². The van der Waals surface area contributed by atoms with Crippen molar-refractivity contribution in [1.29, 1.82) is 0 Å². The minimum atomic E-state index is 0.380. The number of rotatable bonds is 5. The number of nitrogens with zero attached hydrogens (tertiary/aromatic N) is 3. The van der Waals surface area contributed by atoms with Gasteiger partial charge >= 0.3 is 0 Å². The van der Waals surface area contributed by atoms with Gasteiger partial charge in [-0.3, -0.25) is 4.90 Å². The van der Waals surface area contributed by atoms with E-state index in [1.165, 1.54) is 37.9 Å². The highest BCUT2D eigenvalue weighted by Gasteiger charge is 2.22. The third-order valence-corrected chi connectivity index (χ3v) is 4.26. The first-order valence-electron chi connectivity index (χ1n) is 8.15. The first-order valence-corrected chi connectivity index (χ1v) is 8.15. The van der Waals surface area contributed by atoms with Gasteiger partial charge in [0.1, 0.15) is 0 Å². The van der Waals surface area contributed by atoms with E-state index in [2.05, 4.69) is 50.5 Å². The average Bonchev–Trinajstić information content (AvgIpc) is 2.57. The van der Waals surface area contributed by atoms with Gasteiger partial charge < -0.3 is 5.32 Å². The Labute approximate surface area is 132 Å². The summed E-state index contributed by atoms with van der Waals surface area (Å²) in [6.07, 6.45) is 5.75. The average molecular weight is 296 g/mol. The lowest BCUT2D eigenvalue weighted by atomic mass is 10.0. The van der Waals surface area contributed by atoms with Gasteiger partial charge in [-0.25, -0.2) is 9.97 Å². The van der Waals surface area contributed by atoms with Gasteiger partial charge in [0.2, 0.25) is 5.95 Å². The molecular weight excluding hydrogens is 272 g/mol. The molecule has 2 heterocycles. The second-order valence-electron chi connectivity index (χ2n) is 5.93. The number of piperidine rings is 1. The zero-order valence-electron chi connectivity index (χ0n) is 13.2. The van der Waals surface area contributed by atoms with Gasteiger partial charge in [0.15, 0.2) is 0 Å². The molecule has 0 radical (unpaired) electrons. The summed E-state index contributed by atoms with van der Waals surface area (Å²) in [6.45, 7) is 5.19. The Morgan fingerprint density at radius 1 is 1.09 bits per heavy atom. The SMILES string of the molecule is Cc1ccnc(NC[C@H](c2ccccc2)N2CCCCC2)n1. The fraction of sp³-hybridized carbons (Fsp3) is 0.444. The number of likely N-dealkylation sites (tertiary alicyclic amines) is 1. The molecule has 0 bridgehead atoms. The van der Waals surface area contributed by atoms with Gasteiger partial charge in [-0.05, 0) is 44.5 Å². The van der Waals surface area contributed by atoms with E-state index in [-0.39, 0.29) is 0 Å². The van der Waals surface area contributed by atoms with Crippen LogP contribution in [0, 0.1) is 6.92 Å². The van der Waals surface area contributed by atoms with Crippen molar-refractivity contribution in [3.63, 3.8) is 0 Å². The van der Waals surface area contributed by atoms with Crippen LogP contribution in [0.3, 0.4) is 0 Å². The molecule has 0 spiro atoms.